The van der Waals surface area contributed by atoms with Crippen molar-refractivity contribution < 1.29 is 5.21 Å². The molecule has 0 aliphatic heterocycles. The SMILES string of the molecule is CC(NO)c1cccn1C. The van der Waals surface area contributed by atoms with Gasteiger partial charge in [-0.05, 0) is 19.1 Å². The van der Waals surface area contributed by atoms with Gasteiger partial charge in [0.05, 0.1) is 6.04 Å². The zero-order valence-electron chi connectivity index (χ0n) is 6.20. The fraction of sp³-hybridized carbons (Fsp3) is 0.429. The molecule has 1 aromatic rings. The molecule has 1 aromatic heterocycles. The monoisotopic (exact) mass is 140 g/mol. The van der Waals surface area contributed by atoms with Crippen LogP contribution in [0.15, 0.2) is 18.3 Å². The van der Waals surface area contributed by atoms with E-state index >= 15 is 0 Å². The molecule has 0 bridgehead atoms. The van der Waals surface area contributed by atoms with Crippen molar-refractivity contribution in [2.45, 2.75) is 13.0 Å². The van der Waals surface area contributed by atoms with Crippen LogP contribution < -0.4 is 5.48 Å². The quantitative estimate of drug-likeness (QED) is 0.603. The summed E-state index contributed by atoms with van der Waals surface area (Å²) in [6.07, 6.45) is 1.95. The molecular formula is C7H12N2O. The summed E-state index contributed by atoms with van der Waals surface area (Å²) in [4.78, 5) is 0. The van der Waals surface area contributed by atoms with Gasteiger partial charge in [-0.3, -0.25) is 0 Å². The number of nitrogens with one attached hydrogen (secondary N) is 1. The maximum atomic E-state index is 8.57. The van der Waals surface area contributed by atoms with Crippen LogP contribution in [0.1, 0.15) is 18.7 Å². The number of rotatable bonds is 2. The van der Waals surface area contributed by atoms with Crippen LogP contribution in [0, 0.1) is 0 Å². The molecule has 0 aromatic carbocycles. The second-order valence-corrected chi connectivity index (χ2v) is 2.39. The second-order valence-electron chi connectivity index (χ2n) is 2.39. The average molecular weight is 140 g/mol. The van der Waals surface area contributed by atoms with E-state index in [1.54, 1.807) is 0 Å². The molecule has 1 atom stereocenters. The molecule has 0 spiro atoms. The van der Waals surface area contributed by atoms with Crippen LogP contribution in [0.4, 0.5) is 0 Å². The van der Waals surface area contributed by atoms with Crippen LogP contribution in [0.25, 0.3) is 0 Å². The first-order valence-corrected chi connectivity index (χ1v) is 3.26. The minimum atomic E-state index is -0.000000000000000666. The molecule has 10 heavy (non-hydrogen) atoms. The largest absolute Gasteiger partial charge is 0.353 e. The summed E-state index contributed by atoms with van der Waals surface area (Å²) in [5.74, 6) is 0. The Morgan fingerprint density at radius 1 is 1.70 bits per heavy atom. The lowest BCUT2D eigenvalue weighted by atomic mass is 10.2. The maximum absolute atomic E-state index is 8.57. The van der Waals surface area contributed by atoms with Gasteiger partial charge in [0.2, 0.25) is 0 Å². The summed E-state index contributed by atoms with van der Waals surface area (Å²) in [6.45, 7) is 1.90. The standard InChI is InChI=1S/C7H12N2O/c1-6(8-10)7-4-3-5-9(7)2/h3-6,8,10H,1-2H3. The lowest BCUT2D eigenvalue weighted by molar-refractivity contribution is 0.130. The predicted molar refractivity (Wildman–Crippen MR) is 38.8 cm³/mol. The molecule has 1 rings (SSSR count). The van der Waals surface area contributed by atoms with Crippen LogP contribution in [0.2, 0.25) is 0 Å². The van der Waals surface area contributed by atoms with Gasteiger partial charge in [-0.2, -0.15) is 5.48 Å². The van der Waals surface area contributed by atoms with E-state index in [0.29, 0.717) is 0 Å². The zero-order valence-corrected chi connectivity index (χ0v) is 6.20. The third kappa shape index (κ3) is 1.20. The first-order chi connectivity index (χ1) is 4.75. The Morgan fingerprint density at radius 3 is 2.80 bits per heavy atom. The van der Waals surface area contributed by atoms with Crippen LogP contribution in [-0.4, -0.2) is 9.77 Å². The molecule has 3 heteroatoms. The predicted octanol–water partition coefficient (Wildman–Crippen LogP) is 1.06. The first-order valence-electron chi connectivity index (χ1n) is 3.26. The Hall–Kier alpha value is -0.800. The molecule has 2 N–H and O–H groups in total. The van der Waals surface area contributed by atoms with Gasteiger partial charge in [0.15, 0.2) is 0 Å². The molecule has 0 amide bonds. The van der Waals surface area contributed by atoms with Gasteiger partial charge in [-0.1, -0.05) is 0 Å². The number of aryl methyl sites for hydroxylation is 1. The summed E-state index contributed by atoms with van der Waals surface area (Å²) in [5.41, 5.74) is 3.26. The molecule has 0 radical (unpaired) electrons. The van der Waals surface area contributed by atoms with E-state index in [-0.39, 0.29) is 6.04 Å². The second kappa shape index (κ2) is 2.86. The molecule has 0 aliphatic carbocycles. The third-order valence-corrected chi connectivity index (χ3v) is 1.62. The molecule has 0 aliphatic rings. The van der Waals surface area contributed by atoms with E-state index in [9.17, 15) is 0 Å². The van der Waals surface area contributed by atoms with Gasteiger partial charge >= 0.3 is 0 Å². The summed E-state index contributed by atoms with van der Waals surface area (Å²) in [7, 11) is 1.95. The van der Waals surface area contributed by atoms with Gasteiger partial charge in [-0.15, -0.1) is 0 Å². The number of hydrogen-bond acceptors (Lipinski definition) is 2. The number of hydrogen-bond donors (Lipinski definition) is 2. The lowest BCUT2D eigenvalue weighted by Crippen LogP contribution is -2.15. The van der Waals surface area contributed by atoms with E-state index in [0.717, 1.165) is 5.69 Å². The van der Waals surface area contributed by atoms with Crippen molar-refractivity contribution in [2.75, 3.05) is 0 Å². The number of nitrogens with zero attached hydrogens (tertiary/aromatic N) is 1. The van der Waals surface area contributed by atoms with Crippen molar-refractivity contribution in [3.63, 3.8) is 0 Å². The Labute approximate surface area is 60.2 Å². The zero-order chi connectivity index (χ0) is 7.56. The van der Waals surface area contributed by atoms with Crippen molar-refractivity contribution in [3.8, 4) is 0 Å². The highest BCUT2D eigenvalue weighted by atomic mass is 16.5. The fourth-order valence-electron chi connectivity index (χ4n) is 0.990. The minimum absolute atomic E-state index is 0.000000000000000666. The normalized spacial score (nSPS) is 13.5. The van der Waals surface area contributed by atoms with E-state index < -0.39 is 0 Å². The smallest absolute Gasteiger partial charge is 0.0692 e. The fourth-order valence-corrected chi connectivity index (χ4v) is 0.990. The molecular weight excluding hydrogens is 128 g/mol. The highest BCUT2D eigenvalue weighted by Gasteiger charge is 2.04. The topological polar surface area (TPSA) is 37.2 Å². The highest BCUT2D eigenvalue weighted by Crippen LogP contribution is 2.09. The van der Waals surface area contributed by atoms with E-state index in [1.165, 1.54) is 0 Å². The Bertz CT molecular complexity index is 207. The Kier molecular flexibility index (Phi) is 2.09. The Morgan fingerprint density at radius 2 is 2.40 bits per heavy atom. The van der Waals surface area contributed by atoms with Crippen molar-refractivity contribution in [1.29, 1.82) is 0 Å². The van der Waals surface area contributed by atoms with Gasteiger partial charge in [0.1, 0.15) is 0 Å². The van der Waals surface area contributed by atoms with Gasteiger partial charge in [-0.25, -0.2) is 0 Å². The number of hydroxylamine groups is 1. The highest BCUT2D eigenvalue weighted by molar-refractivity contribution is 5.09. The summed E-state index contributed by atoms with van der Waals surface area (Å²) in [5, 5.41) is 8.57. The molecule has 0 fully saturated rings. The molecule has 0 saturated heterocycles. The maximum Gasteiger partial charge on any atom is 0.0692 e. The van der Waals surface area contributed by atoms with Crippen molar-refractivity contribution in [3.05, 3.63) is 24.0 Å². The molecule has 3 nitrogen and oxygen atoms in total. The Balaban J connectivity index is 2.82. The van der Waals surface area contributed by atoms with Crippen LogP contribution in [0.3, 0.4) is 0 Å². The average Bonchev–Trinajstić information content (AvgIpc) is 2.34. The molecule has 1 heterocycles. The lowest BCUT2D eigenvalue weighted by Gasteiger charge is -2.09. The van der Waals surface area contributed by atoms with Crippen molar-refractivity contribution in [1.82, 2.24) is 10.0 Å². The van der Waals surface area contributed by atoms with Crippen molar-refractivity contribution in [2.24, 2.45) is 7.05 Å². The molecule has 56 valence electrons. The van der Waals surface area contributed by atoms with Gasteiger partial charge < -0.3 is 9.77 Å². The van der Waals surface area contributed by atoms with Gasteiger partial charge in [0.25, 0.3) is 0 Å². The van der Waals surface area contributed by atoms with Crippen LogP contribution in [0.5, 0.6) is 0 Å². The van der Waals surface area contributed by atoms with Crippen LogP contribution >= 0.6 is 0 Å². The van der Waals surface area contributed by atoms with Gasteiger partial charge in [0, 0.05) is 18.9 Å². The van der Waals surface area contributed by atoms with Crippen LogP contribution in [-0.2, 0) is 7.05 Å². The van der Waals surface area contributed by atoms with Crippen molar-refractivity contribution >= 4 is 0 Å². The summed E-state index contributed by atoms with van der Waals surface area (Å²) in [6, 6.07) is 3.91. The van der Waals surface area contributed by atoms with E-state index in [4.69, 9.17) is 5.21 Å². The summed E-state index contributed by atoms with van der Waals surface area (Å²) >= 11 is 0. The summed E-state index contributed by atoms with van der Waals surface area (Å²) < 4.78 is 1.97. The molecule has 0 saturated carbocycles. The molecule has 1 unspecified atom stereocenters. The first kappa shape index (κ1) is 7.31. The third-order valence-electron chi connectivity index (χ3n) is 1.62. The van der Waals surface area contributed by atoms with E-state index in [1.807, 2.05) is 36.9 Å². The minimum Gasteiger partial charge on any atom is -0.353 e. The van der Waals surface area contributed by atoms with E-state index in [2.05, 4.69) is 5.48 Å². The number of aromatic nitrogens is 1.